The average molecular weight is 644 g/mol. The number of alkyl halides is 3. The molecule has 4 aliphatic heterocycles. The first-order chi connectivity index (χ1) is 21.5. The number of aromatic nitrogens is 4. The van der Waals surface area contributed by atoms with Gasteiger partial charge in [0, 0.05) is 43.9 Å². The minimum atomic E-state index is -4.79. The number of halogens is 3. The van der Waals surface area contributed by atoms with Crippen LogP contribution >= 0.6 is 7.37 Å². The van der Waals surface area contributed by atoms with E-state index in [0.29, 0.717) is 59.9 Å². The zero-order valence-electron chi connectivity index (χ0n) is 24.9. The van der Waals surface area contributed by atoms with Crippen molar-refractivity contribution >= 4 is 36.4 Å². The lowest BCUT2D eigenvalue weighted by Crippen LogP contribution is -2.20. The molecule has 8 rings (SSSR count). The number of aryl methyl sites for hydroxylation is 1. The van der Waals surface area contributed by atoms with Crippen molar-refractivity contribution in [2.45, 2.75) is 38.6 Å². The van der Waals surface area contributed by atoms with Crippen molar-refractivity contribution < 1.29 is 31.8 Å². The zero-order valence-corrected chi connectivity index (χ0v) is 25.8. The maximum atomic E-state index is 14.1. The lowest BCUT2D eigenvalue weighted by atomic mass is 10.0. The number of carbonyl (C=O) groups excluding carboxylic acids is 1. The van der Waals surface area contributed by atoms with Crippen LogP contribution in [0, 0.1) is 0 Å². The van der Waals surface area contributed by atoms with Crippen LogP contribution in [-0.2, 0) is 28.0 Å². The number of hydrogen-bond acceptors (Lipinski definition) is 9. The Morgan fingerprint density at radius 1 is 1.13 bits per heavy atom. The van der Waals surface area contributed by atoms with E-state index in [9.17, 15) is 22.5 Å². The highest BCUT2D eigenvalue weighted by Crippen LogP contribution is 2.51. The minimum Gasteiger partial charge on any atom is -0.495 e. The first-order valence-electron chi connectivity index (χ1n) is 14.3. The number of benzene rings is 2. The number of nitrogens with one attached hydrogen (secondary N) is 3. The van der Waals surface area contributed by atoms with Crippen molar-refractivity contribution in [3.8, 4) is 16.9 Å². The molecule has 4 aromatic rings. The van der Waals surface area contributed by atoms with Gasteiger partial charge in [-0.1, -0.05) is 19.1 Å². The molecule has 0 spiro atoms. The molecule has 45 heavy (non-hydrogen) atoms. The normalized spacial score (nSPS) is 17.0. The molecule has 1 amide bonds. The molecule has 0 unspecified atom stereocenters. The van der Waals surface area contributed by atoms with Crippen LogP contribution in [0.5, 0.6) is 5.75 Å². The van der Waals surface area contributed by atoms with Crippen molar-refractivity contribution in [2.24, 2.45) is 0 Å². The fourth-order valence-corrected chi connectivity index (χ4v) is 7.26. The number of rotatable bonds is 4. The van der Waals surface area contributed by atoms with E-state index < -0.39 is 30.8 Å². The van der Waals surface area contributed by atoms with E-state index in [1.165, 1.54) is 20.2 Å². The van der Waals surface area contributed by atoms with Crippen LogP contribution in [-0.4, -0.2) is 52.6 Å². The average Bonchev–Trinajstić information content (AvgIpc) is 3.48. The Morgan fingerprint density at radius 3 is 2.67 bits per heavy atom. The first kappa shape index (κ1) is 32.0. The zero-order chi connectivity index (χ0) is 32.2. The molecule has 3 N–H and O–H groups in total. The molecular weight excluding hydrogens is 610 g/mol. The van der Waals surface area contributed by atoms with Crippen LogP contribution in [0.3, 0.4) is 0 Å². The maximum Gasteiger partial charge on any atom is 0.421 e. The summed E-state index contributed by atoms with van der Waals surface area (Å²) in [4.78, 5) is 20.9. The van der Waals surface area contributed by atoms with Gasteiger partial charge in [0.2, 0.25) is 13.3 Å². The van der Waals surface area contributed by atoms with Gasteiger partial charge in [0.25, 0.3) is 5.91 Å². The number of amides is 1. The van der Waals surface area contributed by atoms with E-state index in [2.05, 4.69) is 31.0 Å². The van der Waals surface area contributed by atoms with Crippen molar-refractivity contribution in [2.75, 3.05) is 37.6 Å². The van der Waals surface area contributed by atoms with Gasteiger partial charge < -0.3 is 25.2 Å². The van der Waals surface area contributed by atoms with Gasteiger partial charge in [-0.15, -0.1) is 0 Å². The van der Waals surface area contributed by atoms with E-state index >= 15 is 0 Å². The summed E-state index contributed by atoms with van der Waals surface area (Å²) in [7, 11) is -0.163. The van der Waals surface area contributed by atoms with Gasteiger partial charge in [-0.2, -0.15) is 23.3 Å². The topological polar surface area (TPSA) is 132 Å². The third-order valence-electron chi connectivity index (χ3n) is 7.16. The number of hydrogen-bond donors (Lipinski definition) is 3. The quantitative estimate of drug-likeness (QED) is 0.205. The van der Waals surface area contributed by atoms with Gasteiger partial charge in [0.1, 0.15) is 17.1 Å². The Hall–Kier alpha value is -4.42. The summed E-state index contributed by atoms with van der Waals surface area (Å²) >= 11 is 0. The molecule has 2 aromatic heterocycles. The van der Waals surface area contributed by atoms with E-state index in [1.54, 1.807) is 47.4 Å². The summed E-state index contributed by atoms with van der Waals surface area (Å²) in [5.41, 5.74) is 1.52. The van der Waals surface area contributed by atoms with Gasteiger partial charge in [-0.05, 0) is 48.2 Å². The molecular formula is C30H33F3N7O4P. The van der Waals surface area contributed by atoms with Crippen molar-refractivity contribution in [1.82, 2.24) is 25.1 Å². The standard InChI is InChI=1S/C30H33F3N7O4P/c1-4-12-45(42)18-19-6-8-25(26(13-19)43-3)38-29-35-16-23(30(31,32)33)27(39-29)37-24-9-7-20(14-22(24)28(41)34-2)21-15-36-40(17-21)10-5-11-44-45/h6-9,13-17H,4-5,10-12,18H2,1-3H3,(H,34,41)(H2,35,37,38,39)/t45-/m1/s1. The lowest BCUT2D eigenvalue weighted by molar-refractivity contribution is -0.137. The number of carbonyl (C=O) groups is 1. The highest BCUT2D eigenvalue weighted by atomic mass is 31.2. The van der Waals surface area contributed by atoms with E-state index in [4.69, 9.17) is 9.26 Å². The highest BCUT2D eigenvalue weighted by Gasteiger charge is 2.36. The van der Waals surface area contributed by atoms with Crippen molar-refractivity contribution in [1.29, 1.82) is 0 Å². The van der Waals surface area contributed by atoms with Gasteiger partial charge in [-0.3, -0.25) is 14.0 Å². The second kappa shape index (κ2) is 13.3. The summed E-state index contributed by atoms with van der Waals surface area (Å²) in [5.74, 6) is -0.867. The predicted molar refractivity (Wildman–Crippen MR) is 165 cm³/mol. The van der Waals surface area contributed by atoms with Crippen molar-refractivity contribution in [3.63, 3.8) is 0 Å². The lowest BCUT2D eigenvalue weighted by Gasteiger charge is -2.20. The van der Waals surface area contributed by atoms with Crippen LogP contribution < -0.4 is 20.7 Å². The minimum absolute atomic E-state index is 0.100. The van der Waals surface area contributed by atoms with E-state index in [1.807, 2.05) is 6.92 Å². The Labute approximate surface area is 258 Å². The van der Waals surface area contributed by atoms with Crippen LogP contribution in [0.15, 0.2) is 55.0 Å². The molecule has 0 fully saturated rings. The summed E-state index contributed by atoms with van der Waals surface area (Å²) in [6.07, 6.45) is 1.14. The summed E-state index contributed by atoms with van der Waals surface area (Å²) in [5, 5.41) is 12.6. The van der Waals surface area contributed by atoms with Crippen LogP contribution in [0.2, 0.25) is 0 Å². The Morgan fingerprint density at radius 2 is 1.93 bits per heavy atom. The molecule has 6 heterocycles. The molecule has 4 aliphatic rings. The number of anilines is 4. The molecule has 0 saturated carbocycles. The smallest absolute Gasteiger partial charge is 0.421 e. The Kier molecular flexibility index (Phi) is 9.45. The first-order valence-corrected chi connectivity index (χ1v) is 16.3. The molecule has 2 aromatic carbocycles. The van der Waals surface area contributed by atoms with E-state index in [0.717, 1.165) is 0 Å². The van der Waals surface area contributed by atoms with E-state index in [-0.39, 0.29) is 30.0 Å². The van der Waals surface area contributed by atoms with Crippen LogP contribution in [0.1, 0.15) is 41.3 Å². The third-order valence-corrected chi connectivity index (χ3v) is 9.79. The monoisotopic (exact) mass is 643 g/mol. The number of methoxy groups -OCH3 is 1. The summed E-state index contributed by atoms with van der Waals surface area (Å²) in [6.45, 7) is 2.72. The molecule has 238 valence electrons. The summed E-state index contributed by atoms with van der Waals surface area (Å²) in [6, 6.07) is 9.85. The molecule has 0 aliphatic carbocycles. The second-order valence-corrected chi connectivity index (χ2v) is 13.1. The Balaban J connectivity index is 1.62. The number of nitrogens with zero attached hydrogens (tertiary/aromatic N) is 4. The van der Waals surface area contributed by atoms with Crippen LogP contribution in [0.4, 0.5) is 36.3 Å². The van der Waals surface area contributed by atoms with Crippen molar-refractivity contribution in [3.05, 3.63) is 71.7 Å². The molecule has 8 bridgehead atoms. The molecule has 15 heteroatoms. The van der Waals surface area contributed by atoms with Gasteiger partial charge >= 0.3 is 6.18 Å². The largest absolute Gasteiger partial charge is 0.495 e. The van der Waals surface area contributed by atoms with Gasteiger partial charge in [-0.25, -0.2) is 4.98 Å². The molecule has 0 saturated heterocycles. The molecule has 0 radical (unpaired) electrons. The van der Waals surface area contributed by atoms with Gasteiger partial charge in [0.15, 0.2) is 0 Å². The predicted octanol–water partition coefficient (Wildman–Crippen LogP) is 6.82. The van der Waals surface area contributed by atoms with Gasteiger partial charge in [0.05, 0.1) is 36.9 Å². The number of ether oxygens (including phenoxy) is 1. The highest BCUT2D eigenvalue weighted by molar-refractivity contribution is 7.58. The third kappa shape index (κ3) is 7.46. The second-order valence-electron chi connectivity index (χ2n) is 10.5. The summed E-state index contributed by atoms with van der Waals surface area (Å²) < 4.78 is 69.2. The fraction of sp³-hybridized carbons (Fsp3) is 0.333. The maximum absolute atomic E-state index is 14.1. The van der Waals surface area contributed by atoms with Crippen LogP contribution in [0.25, 0.3) is 11.1 Å². The molecule has 1 atom stereocenters. The molecule has 11 nitrogen and oxygen atoms in total. The Bertz CT molecular complexity index is 1740. The SMILES string of the molecule is CCC[P@]1(=O)Cc2ccc(c(OC)c2)Nc2ncc(C(F)(F)F)c(n2)Nc2ccc(cc2C(=O)NC)-c2cnn(c2)CCCO1. The fourth-order valence-electron chi connectivity index (χ4n) is 4.99.